The zero-order valence-corrected chi connectivity index (χ0v) is 17.4. The molecule has 0 atom stereocenters. The number of carbonyl (C=O) groups excluding carboxylic acids is 2. The van der Waals surface area contributed by atoms with Crippen LogP contribution in [-0.2, 0) is 14.3 Å². The van der Waals surface area contributed by atoms with Crippen LogP contribution < -0.4 is 4.74 Å². The first-order chi connectivity index (χ1) is 12.9. The van der Waals surface area contributed by atoms with E-state index in [2.05, 4.69) is 18.7 Å². The van der Waals surface area contributed by atoms with Gasteiger partial charge in [0, 0.05) is 19.6 Å². The van der Waals surface area contributed by atoms with Crippen molar-refractivity contribution in [1.82, 2.24) is 9.80 Å². The molecular weight excluding hydrogens is 344 g/mol. The van der Waals surface area contributed by atoms with Gasteiger partial charge in [0.2, 0.25) is 0 Å². The standard InChI is InChI=1S/C21H34N2O4/c1-6-22(7-2)13-14-23(12-11-21(25)26-8-3)20(24)16-27-19-15-17(4)9-10-18(19)5/h9-10,15H,6-8,11-14,16H2,1-5H3. The van der Waals surface area contributed by atoms with Crippen molar-refractivity contribution in [1.29, 1.82) is 0 Å². The van der Waals surface area contributed by atoms with Gasteiger partial charge in [-0.05, 0) is 51.1 Å². The van der Waals surface area contributed by atoms with Crippen molar-refractivity contribution in [3.63, 3.8) is 0 Å². The van der Waals surface area contributed by atoms with Gasteiger partial charge in [-0.15, -0.1) is 0 Å². The van der Waals surface area contributed by atoms with E-state index in [1.807, 2.05) is 32.0 Å². The minimum absolute atomic E-state index is 0.0363. The summed E-state index contributed by atoms with van der Waals surface area (Å²) in [6.07, 6.45) is 0.196. The Morgan fingerprint density at radius 3 is 2.33 bits per heavy atom. The van der Waals surface area contributed by atoms with Crippen molar-refractivity contribution in [2.75, 3.05) is 45.9 Å². The maximum atomic E-state index is 12.7. The highest BCUT2D eigenvalue weighted by atomic mass is 16.5. The molecule has 0 aliphatic carbocycles. The van der Waals surface area contributed by atoms with Gasteiger partial charge in [-0.3, -0.25) is 9.59 Å². The number of rotatable bonds is 12. The summed E-state index contributed by atoms with van der Waals surface area (Å²) < 4.78 is 10.7. The number of hydrogen-bond acceptors (Lipinski definition) is 5. The second kappa shape index (κ2) is 12.3. The van der Waals surface area contributed by atoms with Crippen molar-refractivity contribution < 1.29 is 19.1 Å². The second-order valence-corrected chi connectivity index (χ2v) is 6.52. The minimum Gasteiger partial charge on any atom is -0.483 e. The summed E-state index contributed by atoms with van der Waals surface area (Å²) in [7, 11) is 0. The van der Waals surface area contributed by atoms with Crippen LogP contribution in [-0.4, -0.2) is 67.6 Å². The predicted octanol–water partition coefficient (Wildman–Crippen LogP) is 2.81. The van der Waals surface area contributed by atoms with Crippen LogP contribution in [0.25, 0.3) is 0 Å². The van der Waals surface area contributed by atoms with Crippen LogP contribution in [0.4, 0.5) is 0 Å². The molecule has 0 N–H and O–H groups in total. The molecular formula is C21H34N2O4. The van der Waals surface area contributed by atoms with Gasteiger partial charge in [-0.25, -0.2) is 0 Å². The SMILES string of the molecule is CCOC(=O)CCN(CCN(CC)CC)C(=O)COc1cc(C)ccc1C. The molecule has 1 rings (SSSR count). The molecule has 0 saturated carbocycles. The van der Waals surface area contributed by atoms with Crippen LogP contribution in [0.1, 0.15) is 38.3 Å². The third-order valence-corrected chi connectivity index (χ3v) is 4.52. The van der Waals surface area contributed by atoms with Gasteiger partial charge in [-0.2, -0.15) is 0 Å². The predicted molar refractivity (Wildman–Crippen MR) is 107 cm³/mol. The van der Waals surface area contributed by atoms with Gasteiger partial charge < -0.3 is 19.3 Å². The zero-order valence-electron chi connectivity index (χ0n) is 17.4. The summed E-state index contributed by atoms with van der Waals surface area (Å²) in [5.74, 6) is 0.318. The summed E-state index contributed by atoms with van der Waals surface area (Å²) in [6, 6.07) is 5.93. The molecule has 6 heteroatoms. The van der Waals surface area contributed by atoms with Gasteiger partial charge in [0.05, 0.1) is 13.0 Å². The Morgan fingerprint density at radius 2 is 1.70 bits per heavy atom. The molecule has 0 fully saturated rings. The molecule has 6 nitrogen and oxygen atoms in total. The Hall–Kier alpha value is -2.08. The van der Waals surface area contributed by atoms with E-state index < -0.39 is 0 Å². The Bertz CT molecular complexity index is 600. The Labute approximate surface area is 163 Å². The number of amides is 1. The maximum Gasteiger partial charge on any atom is 0.307 e. The summed E-state index contributed by atoms with van der Waals surface area (Å²) in [4.78, 5) is 28.3. The van der Waals surface area contributed by atoms with E-state index in [1.165, 1.54) is 0 Å². The molecule has 1 amide bonds. The quantitative estimate of drug-likeness (QED) is 0.524. The molecule has 152 valence electrons. The normalized spacial score (nSPS) is 10.7. The second-order valence-electron chi connectivity index (χ2n) is 6.52. The van der Waals surface area contributed by atoms with Gasteiger partial charge in [0.15, 0.2) is 6.61 Å². The van der Waals surface area contributed by atoms with Gasteiger partial charge in [-0.1, -0.05) is 26.0 Å². The molecule has 0 heterocycles. The van der Waals surface area contributed by atoms with E-state index >= 15 is 0 Å². The van der Waals surface area contributed by atoms with E-state index in [0.717, 1.165) is 36.5 Å². The summed E-state index contributed by atoms with van der Waals surface area (Å²) in [6.45, 7) is 13.8. The van der Waals surface area contributed by atoms with Crippen LogP contribution in [0, 0.1) is 13.8 Å². The molecule has 0 spiro atoms. The van der Waals surface area contributed by atoms with Gasteiger partial charge in [0.25, 0.3) is 5.91 Å². The number of carbonyl (C=O) groups is 2. The van der Waals surface area contributed by atoms with E-state index in [1.54, 1.807) is 11.8 Å². The lowest BCUT2D eigenvalue weighted by Crippen LogP contribution is -2.42. The first-order valence-electron chi connectivity index (χ1n) is 9.77. The van der Waals surface area contributed by atoms with E-state index in [9.17, 15) is 9.59 Å². The average molecular weight is 379 g/mol. The van der Waals surface area contributed by atoms with Crippen LogP contribution >= 0.6 is 0 Å². The lowest BCUT2D eigenvalue weighted by molar-refractivity contribution is -0.144. The molecule has 1 aromatic rings. The van der Waals surface area contributed by atoms with E-state index in [0.29, 0.717) is 19.7 Å². The molecule has 1 aromatic carbocycles. The molecule has 0 bridgehead atoms. The summed E-state index contributed by atoms with van der Waals surface area (Å²) in [5.41, 5.74) is 2.08. The average Bonchev–Trinajstić information content (AvgIpc) is 2.65. The fourth-order valence-electron chi connectivity index (χ4n) is 2.72. The lowest BCUT2D eigenvalue weighted by atomic mass is 10.1. The summed E-state index contributed by atoms with van der Waals surface area (Å²) in [5, 5.41) is 0. The number of ether oxygens (including phenoxy) is 2. The van der Waals surface area contributed by atoms with Crippen molar-refractivity contribution in [3.05, 3.63) is 29.3 Å². The van der Waals surface area contributed by atoms with Crippen molar-refractivity contribution in [2.45, 2.75) is 41.0 Å². The third-order valence-electron chi connectivity index (χ3n) is 4.52. The Balaban J connectivity index is 2.68. The number of esters is 1. The van der Waals surface area contributed by atoms with Crippen LogP contribution in [0.5, 0.6) is 5.75 Å². The smallest absolute Gasteiger partial charge is 0.307 e. The highest BCUT2D eigenvalue weighted by molar-refractivity contribution is 5.78. The molecule has 0 radical (unpaired) electrons. The summed E-state index contributed by atoms with van der Waals surface area (Å²) >= 11 is 0. The number of likely N-dealkylation sites (N-methyl/N-ethyl adjacent to an activating group) is 1. The van der Waals surface area contributed by atoms with Gasteiger partial charge in [0.1, 0.15) is 5.75 Å². The fourth-order valence-corrected chi connectivity index (χ4v) is 2.72. The Morgan fingerprint density at radius 1 is 1.00 bits per heavy atom. The molecule has 0 saturated heterocycles. The van der Waals surface area contributed by atoms with E-state index in [4.69, 9.17) is 9.47 Å². The maximum absolute atomic E-state index is 12.7. The molecule has 0 aliphatic heterocycles. The monoisotopic (exact) mass is 378 g/mol. The lowest BCUT2D eigenvalue weighted by Gasteiger charge is -2.26. The number of nitrogens with zero attached hydrogens (tertiary/aromatic N) is 2. The highest BCUT2D eigenvalue weighted by Crippen LogP contribution is 2.19. The highest BCUT2D eigenvalue weighted by Gasteiger charge is 2.17. The first-order valence-corrected chi connectivity index (χ1v) is 9.77. The van der Waals surface area contributed by atoms with Crippen molar-refractivity contribution >= 4 is 11.9 Å². The van der Waals surface area contributed by atoms with Crippen molar-refractivity contribution in [2.24, 2.45) is 0 Å². The number of benzene rings is 1. The molecule has 0 aliphatic rings. The Kier molecular flexibility index (Phi) is 10.5. The number of hydrogen-bond donors (Lipinski definition) is 0. The van der Waals surface area contributed by atoms with Gasteiger partial charge >= 0.3 is 5.97 Å². The number of aryl methyl sites for hydroxylation is 2. The third kappa shape index (κ3) is 8.43. The minimum atomic E-state index is -0.284. The van der Waals surface area contributed by atoms with E-state index in [-0.39, 0.29) is 24.9 Å². The molecule has 27 heavy (non-hydrogen) atoms. The molecule has 0 unspecified atom stereocenters. The largest absolute Gasteiger partial charge is 0.483 e. The topological polar surface area (TPSA) is 59.1 Å². The first kappa shape index (κ1) is 23.0. The van der Waals surface area contributed by atoms with Crippen LogP contribution in [0.3, 0.4) is 0 Å². The fraction of sp³-hybridized carbons (Fsp3) is 0.619. The van der Waals surface area contributed by atoms with Crippen LogP contribution in [0.2, 0.25) is 0 Å². The van der Waals surface area contributed by atoms with Crippen molar-refractivity contribution in [3.8, 4) is 5.75 Å². The molecule has 0 aromatic heterocycles. The van der Waals surface area contributed by atoms with Crippen LogP contribution in [0.15, 0.2) is 18.2 Å². The zero-order chi connectivity index (χ0) is 20.2.